The van der Waals surface area contributed by atoms with Crippen LogP contribution in [-0.4, -0.2) is 39.0 Å². The Morgan fingerprint density at radius 2 is 1.79 bits per heavy atom. The molecule has 0 aliphatic carbocycles. The molecule has 3 aromatic rings. The lowest BCUT2D eigenvalue weighted by Crippen LogP contribution is -2.39. The number of rotatable bonds is 7. The number of hydrogen-bond acceptors (Lipinski definition) is 8. The summed E-state index contributed by atoms with van der Waals surface area (Å²) in [6, 6.07) is 12.9. The highest BCUT2D eigenvalue weighted by molar-refractivity contribution is 6.30. The molecule has 5 rings (SSSR count). The number of halogens is 1. The summed E-state index contributed by atoms with van der Waals surface area (Å²) in [5, 5.41) is 14.1. The van der Waals surface area contributed by atoms with Gasteiger partial charge in [-0.25, -0.2) is 4.90 Å². The minimum Gasteiger partial charge on any atom is -0.337 e. The lowest BCUT2D eigenvalue weighted by molar-refractivity contribution is -0.123. The second kappa shape index (κ2) is 8.74. The van der Waals surface area contributed by atoms with Crippen LogP contribution in [0.4, 0.5) is 5.69 Å². The van der Waals surface area contributed by atoms with Gasteiger partial charge in [-0.05, 0) is 54.8 Å². The van der Waals surface area contributed by atoms with E-state index in [1.807, 2.05) is 12.1 Å². The molecule has 1 saturated heterocycles. The smallest absolute Gasteiger partial charge is 0.263 e. The Morgan fingerprint density at radius 1 is 1.03 bits per heavy atom. The molecular weight excluding hydrogens is 444 g/mol. The number of unbranched alkanes of at least 4 members (excludes halogenated alkanes) is 1. The molecule has 2 atom stereocenters. The molecule has 168 valence electrons. The second-order valence-electron chi connectivity index (χ2n) is 7.99. The van der Waals surface area contributed by atoms with Crippen LogP contribution in [0.1, 0.15) is 31.2 Å². The van der Waals surface area contributed by atoms with Crippen LogP contribution in [0, 0.1) is 0 Å². The van der Waals surface area contributed by atoms with Crippen LogP contribution < -0.4 is 4.90 Å². The number of imide groups is 1. The number of aromatic nitrogens is 2. The lowest BCUT2D eigenvalue weighted by atomic mass is 10.1. The van der Waals surface area contributed by atoms with Gasteiger partial charge in [0.05, 0.1) is 5.69 Å². The van der Waals surface area contributed by atoms with Gasteiger partial charge in [0.25, 0.3) is 11.8 Å². The van der Waals surface area contributed by atoms with Crippen molar-refractivity contribution in [3.8, 4) is 11.4 Å². The van der Waals surface area contributed by atoms with Crippen molar-refractivity contribution in [3.05, 3.63) is 65.0 Å². The molecule has 1 aromatic heterocycles. The average molecular weight is 465 g/mol. The summed E-state index contributed by atoms with van der Waals surface area (Å²) in [5.41, 5.74) is 2.46. The quantitative estimate of drug-likeness (QED) is 0.485. The average Bonchev–Trinajstić information content (AvgIpc) is 3.52. The molecule has 2 amide bonds. The van der Waals surface area contributed by atoms with E-state index in [-0.39, 0.29) is 24.2 Å². The molecule has 0 unspecified atom stereocenters. The van der Waals surface area contributed by atoms with E-state index in [0.29, 0.717) is 16.5 Å². The highest BCUT2D eigenvalue weighted by Crippen LogP contribution is 2.33. The maximum atomic E-state index is 13.2. The first-order valence-electron chi connectivity index (χ1n) is 10.8. The Kier molecular flexibility index (Phi) is 5.63. The summed E-state index contributed by atoms with van der Waals surface area (Å²) in [5.74, 6) is -0.0924. The number of carbonyl (C=O) groups excluding carboxylic acids is 2. The van der Waals surface area contributed by atoms with Crippen molar-refractivity contribution in [3.63, 3.8) is 0 Å². The largest absolute Gasteiger partial charge is 0.337 e. The van der Waals surface area contributed by atoms with Crippen LogP contribution in [0.5, 0.6) is 0 Å². The Hall–Kier alpha value is -3.59. The third-order valence-corrected chi connectivity index (χ3v) is 5.99. The second-order valence-corrected chi connectivity index (χ2v) is 8.43. The molecule has 0 radical (unpaired) electrons. The number of amides is 2. The van der Waals surface area contributed by atoms with E-state index in [1.54, 1.807) is 36.4 Å². The third kappa shape index (κ3) is 4.00. The minimum atomic E-state index is -0.879. The topological polar surface area (TPSA) is 104 Å². The first-order chi connectivity index (χ1) is 16.0. The molecule has 0 bridgehead atoms. The van der Waals surface area contributed by atoms with E-state index in [0.717, 1.165) is 24.8 Å². The number of benzene rings is 2. The van der Waals surface area contributed by atoms with Gasteiger partial charge in [-0.1, -0.05) is 47.5 Å². The van der Waals surface area contributed by atoms with Crippen molar-refractivity contribution in [1.82, 2.24) is 15.1 Å². The van der Waals surface area contributed by atoms with Gasteiger partial charge in [0.15, 0.2) is 12.1 Å². The van der Waals surface area contributed by atoms with Crippen molar-refractivity contribution in [1.29, 1.82) is 0 Å². The molecule has 33 heavy (non-hydrogen) atoms. The van der Waals surface area contributed by atoms with E-state index in [9.17, 15) is 9.59 Å². The van der Waals surface area contributed by atoms with E-state index >= 15 is 0 Å². The fraction of sp³-hybridized carbons (Fsp3) is 0.304. The fourth-order valence-corrected chi connectivity index (χ4v) is 4.10. The predicted molar refractivity (Wildman–Crippen MR) is 120 cm³/mol. The van der Waals surface area contributed by atoms with Gasteiger partial charge in [-0.3, -0.25) is 14.6 Å². The van der Waals surface area contributed by atoms with E-state index in [1.165, 1.54) is 15.5 Å². The van der Waals surface area contributed by atoms with Crippen LogP contribution in [0.15, 0.2) is 63.4 Å². The Bertz CT molecular complexity index is 1210. The number of fused-ring (bicyclic) bond motifs is 1. The number of nitrogens with zero attached hydrogens (tertiary/aromatic N) is 6. The summed E-state index contributed by atoms with van der Waals surface area (Å²) in [7, 11) is 0. The summed E-state index contributed by atoms with van der Waals surface area (Å²) < 4.78 is 5.33. The SMILES string of the molecule is CCCCc1ccc(N2C(=O)[C@@H]3[C@@H](N=NN3Cc3nc(-c4ccc(Cl)cc4)no3)C2=O)cc1. The predicted octanol–water partition coefficient (Wildman–Crippen LogP) is 4.23. The molecule has 0 saturated carbocycles. The highest BCUT2D eigenvalue weighted by atomic mass is 35.5. The maximum absolute atomic E-state index is 13.2. The highest BCUT2D eigenvalue weighted by Gasteiger charge is 2.55. The van der Waals surface area contributed by atoms with Gasteiger partial charge in [0.1, 0.15) is 6.54 Å². The first-order valence-corrected chi connectivity index (χ1v) is 11.2. The summed E-state index contributed by atoms with van der Waals surface area (Å²) >= 11 is 5.92. The van der Waals surface area contributed by atoms with Crippen molar-refractivity contribution in [2.45, 2.75) is 44.8 Å². The Balaban J connectivity index is 1.31. The van der Waals surface area contributed by atoms with Gasteiger partial charge in [-0.2, -0.15) is 10.1 Å². The molecule has 2 aliphatic heterocycles. The maximum Gasteiger partial charge on any atom is 0.263 e. The normalized spacial score (nSPS) is 19.6. The first kappa shape index (κ1) is 21.3. The van der Waals surface area contributed by atoms with E-state index < -0.39 is 12.1 Å². The summed E-state index contributed by atoms with van der Waals surface area (Å²) in [6.07, 6.45) is 3.17. The lowest BCUT2D eigenvalue weighted by Gasteiger charge is -2.19. The number of carbonyl (C=O) groups is 2. The zero-order valence-corrected chi connectivity index (χ0v) is 18.6. The van der Waals surface area contributed by atoms with Crippen molar-refractivity contribution in [2.75, 3.05) is 4.90 Å². The van der Waals surface area contributed by atoms with Crippen LogP contribution in [0.25, 0.3) is 11.4 Å². The van der Waals surface area contributed by atoms with E-state index in [4.69, 9.17) is 16.1 Å². The van der Waals surface area contributed by atoms with Crippen molar-refractivity contribution >= 4 is 29.1 Å². The molecule has 3 heterocycles. The van der Waals surface area contributed by atoms with Crippen LogP contribution in [-0.2, 0) is 22.6 Å². The molecule has 9 nitrogen and oxygen atoms in total. The monoisotopic (exact) mass is 464 g/mol. The minimum absolute atomic E-state index is 0.0636. The van der Waals surface area contributed by atoms with Gasteiger partial charge in [-0.15, -0.1) is 0 Å². The summed E-state index contributed by atoms with van der Waals surface area (Å²) in [4.78, 5) is 31.7. The zero-order chi connectivity index (χ0) is 22.9. The van der Waals surface area contributed by atoms with Crippen molar-refractivity contribution < 1.29 is 14.1 Å². The van der Waals surface area contributed by atoms with Crippen molar-refractivity contribution in [2.24, 2.45) is 10.3 Å². The van der Waals surface area contributed by atoms with Gasteiger partial charge >= 0.3 is 0 Å². The molecule has 2 aromatic carbocycles. The standard InChI is InChI=1S/C23H21ClN6O3/c1-2-3-4-14-5-11-17(12-6-14)30-22(31)19-20(23(30)32)29(28-26-19)13-18-25-21(27-33-18)15-7-9-16(24)10-8-15/h5-12,19-20H,2-4,13H2,1H3/t19-,20+/m1/s1. The zero-order valence-electron chi connectivity index (χ0n) is 17.9. The van der Waals surface area contributed by atoms with Gasteiger partial charge in [0, 0.05) is 10.6 Å². The summed E-state index contributed by atoms with van der Waals surface area (Å²) in [6.45, 7) is 2.20. The van der Waals surface area contributed by atoms with E-state index in [2.05, 4.69) is 27.4 Å². The van der Waals surface area contributed by atoms with Crippen LogP contribution in [0.3, 0.4) is 0 Å². The molecule has 2 aliphatic rings. The van der Waals surface area contributed by atoms with Crippen LogP contribution >= 0.6 is 11.6 Å². The Morgan fingerprint density at radius 3 is 2.52 bits per heavy atom. The molecule has 0 N–H and O–H groups in total. The van der Waals surface area contributed by atoms with Gasteiger partial charge in [0.2, 0.25) is 11.7 Å². The molecular formula is C23H21ClN6O3. The third-order valence-electron chi connectivity index (χ3n) is 5.74. The van der Waals surface area contributed by atoms with Crippen LogP contribution in [0.2, 0.25) is 5.02 Å². The fourth-order valence-electron chi connectivity index (χ4n) is 3.97. The number of anilines is 1. The molecule has 0 spiro atoms. The number of aryl methyl sites for hydroxylation is 1. The van der Waals surface area contributed by atoms with Gasteiger partial charge < -0.3 is 4.52 Å². The molecule has 1 fully saturated rings. The number of hydrogen-bond donors (Lipinski definition) is 0. The molecule has 10 heteroatoms. The Labute approximate surface area is 195 Å².